The van der Waals surface area contributed by atoms with E-state index in [1.807, 2.05) is 13.0 Å². The number of hydrogen-bond donors (Lipinski definition) is 4. The molecule has 0 radical (unpaired) electrons. The number of alkyl halides is 1. The van der Waals surface area contributed by atoms with Gasteiger partial charge in [0.25, 0.3) is 0 Å². The third kappa shape index (κ3) is 8.69. The summed E-state index contributed by atoms with van der Waals surface area (Å²) in [7, 11) is 0. The Hall–Kier alpha value is -3.04. The first kappa shape index (κ1) is 26.0. The van der Waals surface area contributed by atoms with Gasteiger partial charge in [0.2, 0.25) is 11.8 Å². The van der Waals surface area contributed by atoms with E-state index in [0.29, 0.717) is 38.1 Å². The van der Waals surface area contributed by atoms with Crippen LogP contribution in [0.1, 0.15) is 26.2 Å². The number of carbonyl (C=O) groups is 4. The van der Waals surface area contributed by atoms with Gasteiger partial charge in [0.15, 0.2) is 0 Å². The zero-order chi connectivity index (χ0) is 23.6. The molecule has 0 unspecified atom stereocenters. The molecule has 0 aromatic rings. The third-order valence-corrected chi connectivity index (χ3v) is 5.11. The molecule has 2 saturated heterocycles. The van der Waals surface area contributed by atoms with Gasteiger partial charge in [-0.15, -0.1) is 0 Å². The van der Waals surface area contributed by atoms with E-state index < -0.39 is 30.8 Å². The second-order valence-electron chi connectivity index (χ2n) is 7.49. The van der Waals surface area contributed by atoms with E-state index in [1.165, 1.54) is 4.90 Å². The molecule has 31 heavy (non-hydrogen) atoms. The Labute approximate surface area is 178 Å². The maximum Gasteiger partial charge on any atom is 0.328 e. The molecule has 0 aliphatic carbocycles. The van der Waals surface area contributed by atoms with E-state index in [9.17, 15) is 23.6 Å². The molecule has 2 rings (SSSR count). The highest BCUT2D eigenvalue weighted by Gasteiger charge is 2.37. The number of rotatable bonds is 6. The largest absolute Gasteiger partial charge is 0.478 e. The summed E-state index contributed by atoms with van der Waals surface area (Å²) >= 11 is 0. The van der Waals surface area contributed by atoms with Gasteiger partial charge in [-0.25, -0.2) is 14.0 Å². The van der Waals surface area contributed by atoms with Crippen LogP contribution >= 0.6 is 0 Å². The fraction of sp³-hybridized carbons (Fsp3) is 0.632. The fourth-order valence-electron chi connectivity index (χ4n) is 3.24. The van der Waals surface area contributed by atoms with E-state index in [-0.39, 0.29) is 36.9 Å². The highest BCUT2D eigenvalue weighted by molar-refractivity contribution is 5.89. The van der Waals surface area contributed by atoms with E-state index in [2.05, 4.69) is 5.32 Å². The van der Waals surface area contributed by atoms with Crippen molar-refractivity contribution in [3.8, 4) is 6.07 Å². The van der Waals surface area contributed by atoms with Crippen molar-refractivity contribution in [2.45, 2.75) is 43.9 Å². The molecule has 0 aromatic carbocycles. The van der Waals surface area contributed by atoms with E-state index in [4.69, 9.17) is 20.6 Å². The van der Waals surface area contributed by atoms with Gasteiger partial charge in [0.1, 0.15) is 18.8 Å². The van der Waals surface area contributed by atoms with Crippen LogP contribution in [0.15, 0.2) is 12.2 Å². The highest BCUT2D eigenvalue weighted by Crippen LogP contribution is 2.23. The Bertz CT molecular complexity index is 728. The van der Waals surface area contributed by atoms with Crippen molar-refractivity contribution in [1.29, 1.82) is 5.26 Å². The first-order valence-corrected chi connectivity index (χ1v) is 9.62. The van der Waals surface area contributed by atoms with Crippen molar-refractivity contribution < 1.29 is 38.9 Å². The van der Waals surface area contributed by atoms with Crippen LogP contribution in [-0.2, 0) is 19.2 Å². The SMILES string of the molecule is CC1(NCC(=O)N2C[C@@H](F)C[C@H]2C#N)CCN(C(=O)CO)CC1.O=C(O)/C=C/C(=O)O. The summed E-state index contributed by atoms with van der Waals surface area (Å²) in [6.07, 6.45) is 1.40. The third-order valence-electron chi connectivity index (χ3n) is 5.11. The number of likely N-dealkylation sites (tertiary alicyclic amines) is 2. The highest BCUT2D eigenvalue weighted by atomic mass is 19.1. The zero-order valence-corrected chi connectivity index (χ0v) is 17.2. The fourth-order valence-corrected chi connectivity index (χ4v) is 3.24. The van der Waals surface area contributed by atoms with Crippen LogP contribution in [0.2, 0.25) is 0 Å². The van der Waals surface area contributed by atoms with Gasteiger partial charge < -0.3 is 30.4 Å². The summed E-state index contributed by atoms with van der Waals surface area (Å²) < 4.78 is 13.4. The van der Waals surface area contributed by atoms with Crippen molar-refractivity contribution in [3.63, 3.8) is 0 Å². The minimum Gasteiger partial charge on any atom is -0.478 e. The monoisotopic (exact) mass is 442 g/mol. The molecule has 4 N–H and O–H groups in total. The lowest BCUT2D eigenvalue weighted by atomic mass is 9.89. The minimum absolute atomic E-state index is 0.0196. The number of nitrogens with zero attached hydrogens (tertiary/aromatic N) is 3. The Morgan fingerprint density at radius 2 is 1.71 bits per heavy atom. The van der Waals surface area contributed by atoms with Crippen molar-refractivity contribution >= 4 is 23.8 Å². The van der Waals surface area contributed by atoms with Crippen molar-refractivity contribution in [2.24, 2.45) is 0 Å². The number of carboxylic acid groups (broad SMARTS) is 2. The molecule has 12 heteroatoms. The van der Waals surface area contributed by atoms with Gasteiger partial charge >= 0.3 is 11.9 Å². The molecule has 2 atom stereocenters. The van der Waals surface area contributed by atoms with Gasteiger partial charge in [-0.1, -0.05) is 0 Å². The number of aliphatic hydroxyl groups is 1. The van der Waals surface area contributed by atoms with Gasteiger partial charge in [0.05, 0.1) is 19.2 Å². The number of aliphatic carboxylic acids is 2. The van der Waals surface area contributed by atoms with Crippen LogP contribution in [0.4, 0.5) is 4.39 Å². The smallest absolute Gasteiger partial charge is 0.328 e. The van der Waals surface area contributed by atoms with Crippen LogP contribution in [-0.4, -0.2) is 99.4 Å². The van der Waals surface area contributed by atoms with Crippen molar-refractivity contribution in [1.82, 2.24) is 15.1 Å². The van der Waals surface area contributed by atoms with Crippen LogP contribution in [0.3, 0.4) is 0 Å². The van der Waals surface area contributed by atoms with Gasteiger partial charge in [-0.3, -0.25) is 9.59 Å². The van der Waals surface area contributed by atoms with Crippen LogP contribution in [0, 0.1) is 11.3 Å². The van der Waals surface area contributed by atoms with Gasteiger partial charge in [-0.05, 0) is 19.8 Å². The normalized spacial score (nSPS) is 22.4. The average Bonchev–Trinajstić information content (AvgIpc) is 3.12. The molecule has 2 aliphatic rings. The molecule has 0 aromatic heterocycles. The molecule has 0 bridgehead atoms. The second kappa shape index (κ2) is 12.0. The van der Waals surface area contributed by atoms with E-state index in [1.54, 1.807) is 4.90 Å². The summed E-state index contributed by atoms with van der Waals surface area (Å²) in [5, 5.41) is 36.7. The van der Waals surface area contributed by atoms with Crippen molar-refractivity contribution in [2.75, 3.05) is 32.8 Å². The second-order valence-corrected chi connectivity index (χ2v) is 7.49. The number of carboxylic acids is 2. The Kier molecular flexibility index (Phi) is 10.0. The molecule has 0 spiro atoms. The Balaban J connectivity index is 0.000000512. The summed E-state index contributed by atoms with van der Waals surface area (Å²) in [5.74, 6) is -3.07. The molecule has 2 aliphatic heterocycles. The molecule has 0 saturated carbocycles. The molecular formula is C19H27FN4O7. The number of halogens is 1. The molecule has 2 heterocycles. The molecule has 11 nitrogen and oxygen atoms in total. The topological polar surface area (TPSA) is 171 Å². The number of piperidine rings is 1. The summed E-state index contributed by atoms with van der Waals surface area (Å²) in [6, 6.07) is 1.28. The number of carbonyl (C=O) groups excluding carboxylic acids is 2. The molecule has 2 fully saturated rings. The molecule has 2 amide bonds. The lowest BCUT2D eigenvalue weighted by Gasteiger charge is -2.40. The predicted molar refractivity (Wildman–Crippen MR) is 104 cm³/mol. The van der Waals surface area contributed by atoms with E-state index in [0.717, 1.165) is 0 Å². The standard InChI is InChI=1S/C15H23FN4O3.C4H4O4/c1-15(2-4-19(5-3-15)14(23)10-21)18-8-13(22)20-9-11(16)6-12(20)7-17;5-3(6)1-2-4(7)8/h11-12,18,21H,2-6,8-10H2,1H3;1-2H,(H,5,6)(H,7,8)/b;2-1+/t11-,12-;/m0./s1. The summed E-state index contributed by atoms with van der Waals surface area (Å²) in [6.45, 7) is 2.56. The van der Waals surface area contributed by atoms with Crippen LogP contribution in [0.5, 0.6) is 0 Å². The Morgan fingerprint density at radius 1 is 1.16 bits per heavy atom. The number of hydrogen-bond acceptors (Lipinski definition) is 7. The van der Waals surface area contributed by atoms with E-state index >= 15 is 0 Å². The number of nitrogens with one attached hydrogen (secondary N) is 1. The lowest BCUT2D eigenvalue weighted by Crippen LogP contribution is -2.55. The van der Waals surface area contributed by atoms with Crippen molar-refractivity contribution in [3.05, 3.63) is 12.2 Å². The lowest BCUT2D eigenvalue weighted by molar-refractivity contribution is -0.136. The number of amides is 2. The average molecular weight is 442 g/mol. The van der Waals surface area contributed by atoms with Crippen LogP contribution in [0.25, 0.3) is 0 Å². The summed E-state index contributed by atoms with van der Waals surface area (Å²) in [5.41, 5.74) is -0.293. The Morgan fingerprint density at radius 3 is 2.16 bits per heavy atom. The molecular weight excluding hydrogens is 415 g/mol. The first-order chi connectivity index (χ1) is 14.5. The number of nitriles is 1. The minimum atomic E-state index is -1.26. The zero-order valence-electron chi connectivity index (χ0n) is 17.2. The maximum atomic E-state index is 13.4. The summed E-state index contributed by atoms with van der Waals surface area (Å²) in [4.78, 5) is 45.7. The number of aliphatic hydroxyl groups excluding tert-OH is 1. The van der Waals surface area contributed by atoms with Gasteiger partial charge in [-0.2, -0.15) is 5.26 Å². The molecule has 172 valence electrons. The first-order valence-electron chi connectivity index (χ1n) is 9.62. The van der Waals surface area contributed by atoms with Gasteiger partial charge in [0, 0.05) is 37.2 Å². The predicted octanol–water partition coefficient (Wildman–Crippen LogP) is -0.876. The quantitative estimate of drug-likeness (QED) is 0.381. The maximum absolute atomic E-state index is 13.4. The van der Waals surface area contributed by atoms with Crippen LogP contribution < -0.4 is 5.32 Å².